The number of hydrogen-bond acceptors (Lipinski definition) is 3. The van der Waals surface area contributed by atoms with Crippen LogP contribution in [0.5, 0.6) is 0 Å². The minimum atomic E-state index is -0.299. The van der Waals surface area contributed by atoms with Gasteiger partial charge < -0.3 is 10.1 Å². The number of methoxy groups -OCH3 is 1. The number of hydrogen-bond donors (Lipinski definition) is 1. The van der Waals surface area contributed by atoms with Gasteiger partial charge in [-0.15, -0.1) is 0 Å². The first kappa shape index (κ1) is 26.3. The van der Waals surface area contributed by atoms with Crippen molar-refractivity contribution in [1.29, 1.82) is 0 Å². The smallest absolute Gasteiger partial charge is 0.311 e. The number of carbonyl (C=O) groups excluding carboxylic acids is 1. The van der Waals surface area contributed by atoms with Crippen LogP contribution >= 0.6 is 0 Å². The van der Waals surface area contributed by atoms with Gasteiger partial charge in [-0.05, 0) is 26.8 Å². The number of ether oxygens (including phenoxy) is 1. The van der Waals surface area contributed by atoms with Crippen molar-refractivity contribution in [3.8, 4) is 0 Å². The predicted molar refractivity (Wildman–Crippen MR) is 98.9 cm³/mol. The molecule has 0 rings (SSSR count). The van der Waals surface area contributed by atoms with Crippen molar-refractivity contribution in [3.63, 3.8) is 0 Å². The van der Waals surface area contributed by atoms with Crippen molar-refractivity contribution in [2.45, 2.75) is 67.7 Å². The van der Waals surface area contributed by atoms with Crippen molar-refractivity contribution >= 4 is 5.97 Å². The molecule has 3 nitrogen and oxygen atoms in total. The zero-order valence-electron chi connectivity index (χ0n) is 16.3. The van der Waals surface area contributed by atoms with Crippen LogP contribution in [0.3, 0.4) is 0 Å². The van der Waals surface area contributed by atoms with Crippen LogP contribution in [-0.4, -0.2) is 19.6 Å². The molecule has 0 spiro atoms. The maximum absolute atomic E-state index is 12.9. The Bertz CT molecular complexity index is 370. The van der Waals surface area contributed by atoms with Gasteiger partial charge in [0.15, 0.2) is 0 Å². The molecule has 0 heterocycles. The quantitative estimate of drug-likeness (QED) is 0.481. The van der Waals surface area contributed by atoms with Crippen LogP contribution in [0, 0.1) is 0 Å². The minimum Gasteiger partial charge on any atom is -0.469 e. The Labute approximate surface area is 142 Å². The Hall–Kier alpha value is -1.58. The van der Waals surface area contributed by atoms with Crippen LogP contribution in [-0.2, 0) is 9.53 Å². The molecular formula is C19H36FNO2. The molecule has 0 aromatic rings. The zero-order valence-corrected chi connectivity index (χ0v) is 16.3. The Kier molecular flexibility index (Phi) is 23.4. The highest BCUT2D eigenvalue weighted by Crippen LogP contribution is 2.04. The normalized spacial score (nSPS) is 11.6. The van der Waals surface area contributed by atoms with E-state index in [0.717, 1.165) is 11.3 Å². The molecule has 136 valence electrons. The second-order valence-corrected chi connectivity index (χ2v) is 4.58. The highest BCUT2D eigenvalue weighted by Gasteiger charge is 2.04. The average molecular weight is 330 g/mol. The van der Waals surface area contributed by atoms with Crippen LogP contribution < -0.4 is 5.32 Å². The second-order valence-electron chi connectivity index (χ2n) is 4.58. The molecule has 0 fully saturated rings. The maximum atomic E-state index is 12.9. The molecule has 0 aliphatic heterocycles. The molecule has 0 saturated heterocycles. The number of halogens is 1. The second kappa shape index (κ2) is 20.4. The van der Waals surface area contributed by atoms with E-state index < -0.39 is 0 Å². The van der Waals surface area contributed by atoms with Crippen LogP contribution in [0.4, 0.5) is 4.39 Å². The summed E-state index contributed by atoms with van der Waals surface area (Å²) in [5.41, 5.74) is 1.62. The zero-order chi connectivity index (χ0) is 18.7. The first-order valence-electron chi connectivity index (χ1n) is 8.39. The van der Waals surface area contributed by atoms with Crippen LogP contribution in [0.15, 0.2) is 35.3 Å². The lowest BCUT2D eigenvalue weighted by Crippen LogP contribution is -2.18. The Morgan fingerprint density at radius 1 is 1.13 bits per heavy atom. The highest BCUT2D eigenvalue weighted by molar-refractivity contribution is 5.72. The van der Waals surface area contributed by atoms with Crippen molar-refractivity contribution in [3.05, 3.63) is 35.3 Å². The van der Waals surface area contributed by atoms with E-state index in [9.17, 15) is 9.18 Å². The van der Waals surface area contributed by atoms with E-state index in [4.69, 9.17) is 0 Å². The van der Waals surface area contributed by atoms with Crippen molar-refractivity contribution in [2.24, 2.45) is 0 Å². The molecule has 0 aromatic carbocycles. The number of allylic oxidation sites excluding steroid dienone is 4. The summed E-state index contributed by atoms with van der Waals surface area (Å²) in [7, 11) is 1.35. The number of esters is 1. The Balaban J connectivity index is -0.000000574. The van der Waals surface area contributed by atoms with E-state index in [1.54, 1.807) is 13.0 Å². The van der Waals surface area contributed by atoms with Crippen LogP contribution in [0.1, 0.15) is 67.7 Å². The topological polar surface area (TPSA) is 38.3 Å². The molecule has 0 aromatic heterocycles. The van der Waals surface area contributed by atoms with E-state index in [1.165, 1.54) is 32.1 Å². The molecule has 0 unspecified atom stereocenters. The van der Waals surface area contributed by atoms with Gasteiger partial charge in [-0.3, -0.25) is 4.79 Å². The third-order valence-electron chi connectivity index (χ3n) is 2.67. The number of nitrogens with one attached hydrogen (secondary N) is 1. The summed E-state index contributed by atoms with van der Waals surface area (Å²) < 4.78 is 17.5. The number of carbonyl (C=O) groups is 1. The lowest BCUT2D eigenvalue weighted by Gasteiger charge is -2.09. The molecular weight excluding hydrogens is 293 g/mol. The fraction of sp³-hybridized carbons (Fsp3) is 0.632. The van der Waals surface area contributed by atoms with Gasteiger partial charge in [0, 0.05) is 12.2 Å². The molecule has 23 heavy (non-hydrogen) atoms. The lowest BCUT2D eigenvalue weighted by atomic mass is 10.2. The van der Waals surface area contributed by atoms with Crippen LogP contribution in [0.2, 0.25) is 0 Å². The molecule has 0 aliphatic rings. The number of unbranched alkanes of at least 4 members (excludes halogenated alkanes) is 1. The van der Waals surface area contributed by atoms with Gasteiger partial charge >= 0.3 is 5.97 Å². The van der Waals surface area contributed by atoms with Gasteiger partial charge in [0.2, 0.25) is 0 Å². The fourth-order valence-corrected chi connectivity index (χ4v) is 1.12. The molecule has 0 radical (unpaired) electrons. The molecule has 0 saturated carbocycles. The monoisotopic (exact) mass is 329 g/mol. The van der Waals surface area contributed by atoms with E-state index in [1.807, 2.05) is 27.7 Å². The van der Waals surface area contributed by atoms with Crippen molar-refractivity contribution in [1.82, 2.24) is 5.32 Å². The lowest BCUT2D eigenvalue weighted by molar-refractivity contribution is -0.139. The van der Waals surface area contributed by atoms with Gasteiger partial charge in [0.05, 0.1) is 13.5 Å². The molecule has 0 bridgehead atoms. The van der Waals surface area contributed by atoms with Gasteiger partial charge in [-0.1, -0.05) is 58.3 Å². The van der Waals surface area contributed by atoms with Crippen molar-refractivity contribution in [2.75, 3.05) is 13.7 Å². The maximum Gasteiger partial charge on any atom is 0.311 e. The van der Waals surface area contributed by atoms with Crippen molar-refractivity contribution < 1.29 is 13.9 Å². The summed E-state index contributed by atoms with van der Waals surface area (Å²) in [5.74, 6) is -0.564. The van der Waals surface area contributed by atoms with Gasteiger partial charge in [0.1, 0.15) is 5.83 Å². The summed E-state index contributed by atoms with van der Waals surface area (Å²) in [5, 5.41) is 3.06. The first-order valence-corrected chi connectivity index (χ1v) is 8.39. The van der Waals surface area contributed by atoms with E-state index >= 15 is 0 Å². The Morgan fingerprint density at radius 2 is 1.65 bits per heavy atom. The summed E-state index contributed by atoms with van der Waals surface area (Å²) in [4.78, 5) is 11.1. The van der Waals surface area contributed by atoms with Crippen LogP contribution in [0.25, 0.3) is 0 Å². The van der Waals surface area contributed by atoms with E-state index in [2.05, 4.69) is 23.9 Å². The third kappa shape index (κ3) is 20.4. The molecule has 0 atom stereocenters. The minimum absolute atomic E-state index is 0.201. The van der Waals surface area contributed by atoms with E-state index in [0.29, 0.717) is 6.54 Å². The summed E-state index contributed by atoms with van der Waals surface area (Å²) in [6.07, 6.45) is 7.50. The van der Waals surface area contributed by atoms with Gasteiger partial charge in [0.25, 0.3) is 0 Å². The fourth-order valence-electron chi connectivity index (χ4n) is 1.12. The largest absolute Gasteiger partial charge is 0.469 e. The van der Waals surface area contributed by atoms with E-state index in [-0.39, 0.29) is 18.2 Å². The molecule has 4 heteroatoms. The highest BCUT2D eigenvalue weighted by atomic mass is 19.1. The first-order chi connectivity index (χ1) is 10.9. The number of rotatable bonds is 7. The SMILES string of the molecule is C/C=C(/CC(=O)OC)NC/C(C)=C/C(F)=C\C.CC.CCCC. The predicted octanol–water partition coefficient (Wildman–Crippen LogP) is 5.70. The summed E-state index contributed by atoms with van der Waals surface area (Å²) in [6, 6.07) is 0. The summed E-state index contributed by atoms with van der Waals surface area (Å²) in [6.45, 7) is 14.2. The molecule has 1 N–H and O–H groups in total. The Morgan fingerprint density at radius 3 is 2.00 bits per heavy atom. The molecule has 0 aliphatic carbocycles. The third-order valence-corrected chi connectivity index (χ3v) is 2.67. The average Bonchev–Trinajstić information content (AvgIpc) is 2.59. The standard InChI is InChI=1S/C13H20FNO2.C4H10.C2H6/c1-5-11(14)7-10(3)9-15-12(6-2)8-13(16)17-4;1-3-4-2;1-2/h5-7,15H,8-9H2,1-4H3;3-4H2,1-2H3;1-2H3/b10-7+,11-5+,12-6-;;. The van der Waals surface area contributed by atoms with Gasteiger partial charge in [-0.25, -0.2) is 4.39 Å². The summed E-state index contributed by atoms with van der Waals surface area (Å²) >= 11 is 0. The van der Waals surface area contributed by atoms with Gasteiger partial charge in [-0.2, -0.15) is 0 Å². The molecule has 0 amide bonds.